The smallest absolute Gasteiger partial charge is 0.327 e. The van der Waals surface area contributed by atoms with Gasteiger partial charge in [0.2, 0.25) is 0 Å². The topological polar surface area (TPSA) is 69.6 Å². The first-order valence-corrected chi connectivity index (χ1v) is 8.92. The quantitative estimate of drug-likeness (QED) is 0.791. The van der Waals surface area contributed by atoms with Gasteiger partial charge in [-0.3, -0.25) is 4.90 Å². The third-order valence-corrected chi connectivity index (χ3v) is 5.88. The number of rotatable bonds is 6. The van der Waals surface area contributed by atoms with Crippen molar-refractivity contribution >= 4 is 23.8 Å². The Hall–Kier alpha value is -0.910. The predicted molar refractivity (Wildman–Crippen MR) is 84.3 cm³/mol. The highest BCUT2D eigenvalue weighted by molar-refractivity contribution is 8.00. The van der Waals surface area contributed by atoms with Crippen LogP contribution in [0.1, 0.15) is 46.5 Å². The molecule has 3 unspecified atom stereocenters. The summed E-state index contributed by atoms with van der Waals surface area (Å²) < 4.78 is 0. The second kappa shape index (κ2) is 6.90. The first-order valence-electron chi connectivity index (χ1n) is 7.87. The van der Waals surface area contributed by atoms with Gasteiger partial charge in [-0.05, 0) is 24.7 Å². The molecule has 2 amide bonds. The number of hydrogen-bond donors (Lipinski definition) is 2. The number of aliphatic carboxylic acids is 1. The number of carboxylic acid groups (broad SMARTS) is 1. The minimum absolute atomic E-state index is 0.0514. The van der Waals surface area contributed by atoms with Crippen LogP contribution in [0.2, 0.25) is 0 Å². The average Bonchev–Trinajstić information content (AvgIpc) is 3.11. The molecule has 1 saturated carbocycles. The summed E-state index contributed by atoms with van der Waals surface area (Å²) in [6.07, 6.45) is 4.44. The third kappa shape index (κ3) is 4.05. The van der Waals surface area contributed by atoms with Crippen LogP contribution in [-0.4, -0.2) is 45.2 Å². The summed E-state index contributed by atoms with van der Waals surface area (Å²) in [4.78, 5) is 25.5. The van der Waals surface area contributed by atoms with E-state index in [4.69, 9.17) is 0 Å². The van der Waals surface area contributed by atoms with Crippen LogP contribution >= 0.6 is 11.8 Å². The molecule has 6 heteroatoms. The first-order chi connectivity index (χ1) is 9.93. The fourth-order valence-corrected chi connectivity index (χ4v) is 4.29. The summed E-state index contributed by atoms with van der Waals surface area (Å²) in [5.74, 6) is 0.564. The molecule has 2 rings (SSSR count). The van der Waals surface area contributed by atoms with Gasteiger partial charge in [0.15, 0.2) is 0 Å². The van der Waals surface area contributed by atoms with Crippen molar-refractivity contribution in [2.45, 2.75) is 63.9 Å². The van der Waals surface area contributed by atoms with Crippen LogP contribution in [0.3, 0.4) is 0 Å². The van der Waals surface area contributed by atoms with Crippen LogP contribution in [0.25, 0.3) is 0 Å². The Balaban J connectivity index is 2.02. The number of nitrogens with zero attached hydrogens (tertiary/aromatic N) is 1. The molecule has 1 saturated heterocycles. The van der Waals surface area contributed by atoms with Crippen molar-refractivity contribution in [1.29, 1.82) is 0 Å². The lowest BCUT2D eigenvalue weighted by atomic mass is 10.1. The van der Waals surface area contributed by atoms with Crippen LogP contribution in [-0.2, 0) is 4.79 Å². The number of carbonyl (C=O) groups is 2. The van der Waals surface area contributed by atoms with Crippen LogP contribution in [0, 0.1) is 11.8 Å². The Bertz CT molecular complexity index is 398. The molecule has 1 heterocycles. The van der Waals surface area contributed by atoms with E-state index >= 15 is 0 Å². The van der Waals surface area contributed by atoms with Crippen LogP contribution in [0.5, 0.6) is 0 Å². The van der Waals surface area contributed by atoms with Gasteiger partial charge >= 0.3 is 12.0 Å². The first kappa shape index (κ1) is 16.5. The Morgan fingerprint density at radius 2 is 2.05 bits per heavy atom. The van der Waals surface area contributed by atoms with E-state index in [-0.39, 0.29) is 23.4 Å². The van der Waals surface area contributed by atoms with Crippen molar-refractivity contribution in [1.82, 2.24) is 10.2 Å². The monoisotopic (exact) mass is 314 g/mol. The molecular formula is C15H26N2O3S. The van der Waals surface area contributed by atoms with E-state index in [1.165, 1.54) is 12.8 Å². The maximum absolute atomic E-state index is 12.6. The molecule has 120 valence electrons. The van der Waals surface area contributed by atoms with Crippen molar-refractivity contribution in [3.8, 4) is 0 Å². The van der Waals surface area contributed by atoms with Gasteiger partial charge in [0.1, 0.15) is 6.04 Å². The summed E-state index contributed by atoms with van der Waals surface area (Å²) in [6, 6.07) is -0.753. The molecule has 3 atom stereocenters. The maximum Gasteiger partial charge on any atom is 0.327 e. The molecule has 0 aromatic heterocycles. The van der Waals surface area contributed by atoms with E-state index in [2.05, 4.69) is 12.2 Å². The normalized spacial score (nSPS) is 27.0. The molecule has 21 heavy (non-hydrogen) atoms. The Kier molecular flexibility index (Phi) is 5.41. The molecule has 0 spiro atoms. The van der Waals surface area contributed by atoms with E-state index < -0.39 is 12.0 Å². The van der Waals surface area contributed by atoms with Gasteiger partial charge < -0.3 is 10.4 Å². The molecular weight excluding hydrogens is 288 g/mol. The number of carbonyl (C=O) groups excluding carboxylic acids is 1. The standard InChI is InChI=1S/C15H26N2O3S/c1-4-11(7-10-5-6-10)16-15(20)17-12(14(18)19)8-21-13(17)9(2)3/h9-13H,4-8H2,1-3H3,(H,16,20)(H,18,19). The fourth-order valence-electron chi connectivity index (χ4n) is 2.82. The highest BCUT2D eigenvalue weighted by Gasteiger charge is 2.43. The molecule has 0 bridgehead atoms. The summed E-state index contributed by atoms with van der Waals surface area (Å²) >= 11 is 1.57. The third-order valence-electron chi connectivity index (χ3n) is 4.26. The maximum atomic E-state index is 12.6. The number of amides is 2. The largest absolute Gasteiger partial charge is 0.480 e. The zero-order chi connectivity index (χ0) is 15.6. The van der Waals surface area contributed by atoms with Crippen molar-refractivity contribution in [3.63, 3.8) is 0 Å². The van der Waals surface area contributed by atoms with Crippen molar-refractivity contribution < 1.29 is 14.7 Å². The molecule has 2 fully saturated rings. The zero-order valence-electron chi connectivity index (χ0n) is 13.0. The summed E-state index contributed by atoms with van der Waals surface area (Å²) in [6.45, 7) is 6.13. The van der Waals surface area contributed by atoms with Gasteiger partial charge in [-0.15, -0.1) is 11.8 Å². The minimum atomic E-state index is -0.906. The van der Waals surface area contributed by atoms with Gasteiger partial charge in [-0.1, -0.05) is 33.6 Å². The van der Waals surface area contributed by atoms with Gasteiger partial charge in [0, 0.05) is 11.8 Å². The lowest BCUT2D eigenvalue weighted by molar-refractivity contribution is -0.141. The van der Waals surface area contributed by atoms with E-state index in [0.717, 1.165) is 18.8 Å². The summed E-state index contributed by atoms with van der Waals surface area (Å²) in [5.41, 5.74) is 0. The zero-order valence-corrected chi connectivity index (χ0v) is 13.9. The Morgan fingerprint density at radius 1 is 1.38 bits per heavy atom. The van der Waals surface area contributed by atoms with Crippen molar-refractivity contribution in [2.75, 3.05) is 5.75 Å². The lowest BCUT2D eigenvalue weighted by Gasteiger charge is -2.31. The van der Waals surface area contributed by atoms with Gasteiger partial charge in [-0.25, -0.2) is 9.59 Å². The minimum Gasteiger partial charge on any atom is -0.480 e. The van der Waals surface area contributed by atoms with Crippen molar-refractivity contribution in [3.05, 3.63) is 0 Å². The van der Waals surface area contributed by atoms with Crippen LogP contribution < -0.4 is 5.32 Å². The van der Waals surface area contributed by atoms with Gasteiger partial charge in [-0.2, -0.15) is 0 Å². The molecule has 0 aromatic carbocycles. The molecule has 2 aliphatic rings. The van der Waals surface area contributed by atoms with Gasteiger partial charge in [0.05, 0.1) is 5.37 Å². The SMILES string of the molecule is CCC(CC1CC1)NC(=O)N1C(C(=O)O)CSC1C(C)C. The number of thioether (sulfide) groups is 1. The molecule has 0 radical (unpaired) electrons. The molecule has 2 N–H and O–H groups in total. The van der Waals surface area contributed by atoms with Crippen molar-refractivity contribution in [2.24, 2.45) is 11.8 Å². The van der Waals surface area contributed by atoms with E-state index in [1.807, 2.05) is 13.8 Å². The van der Waals surface area contributed by atoms with E-state index in [1.54, 1.807) is 16.7 Å². The van der Waals surface area contributed by atoms with Gasteiger partial charge in [0.25, 0.3) is 0 Å². The number of urea groups is 1. The molecule has 1 aliphatic heterocycles. The van der Waals surface area contributed by atoms with E-state index in [9.17, 15) is 14.7 Å². The second-order valence-electron chi connectivity index (χ2n) is 6.46. The molecule has 5 nitrogen and oxygen atoms in total. The van der Waals surface area contributed by atoms with Crippen LogP contribution in [0.4, 0.5) is 4.79 Å². The highest BCUT2D eigenvalue weighted by Crippen LogP contribution is 2.36. The Labute approximate surface area is 130 Å². The lowest BCUT2D eigenvalue weighted by Crippen LogP contribution is -2.53. The highest BCUT2D eigenvalue weighted by atomic mass is 32.2. The Morgan fingerprint density at radius 3 is 2.52 bits per heavy atom. The summed E-state index contributed by atoms with van der Waals surface area (Å²) in [7, 11) is 0. The number of carboxylic acids is 1. The molecule has 0 aromatic rings. The number of hydrogen-bond acceptors (Lipinski definition) is 3. The van der Waals surface area contributed by atoms with E-state index in [0.29, 0.717) is 5.75 Å². The predicted octanol–water partition coefficient (Wildman–Crippen LogP) is 2.76. The number of nitrogens with one attached hydrogen (secondary N) is 1. The van der Waals surface area contributed by atoms with Crippen LogP contribution in [0.15, 0.2) is 0 Å². The second-order valence-corrected chi connectivity index (χ2v) is 7.61. The fraction of sp³-hybridized carbons (Fsp3) is 0.867. The average molecular weight is 314 g/mol. The summed E-state index contributed by atoms with van der Waals surface area (Å²) in [5, 5.41) is 12.4. The molecule has 1 aliphatic carbocycles.